The van der Waals surface area contributed by atoms with Gasteiger partial charge in [0.05, 0.1) is 5.56 Å². The molecule has 1 aliphatic carbocycles. The molecule has 182 valence electrons. The maximum Gasteiger partial charge on any atom is 0.255 e. The monoisotopic (exact) mass is 462 g/mol. The predicted octanol–water partition coefficient (Wildman–Crippen LogP) is 4.61. The topological polar surface area (TPSA) is 80.5 Å². The van der Waals surface area contributed by atoms with E-state index in [1.807, 2.05) is 6.07 Å². The highest BCUT2D eigenvalue weighted by molar-refractivity contribution is 5.99. The zero-order valence-corrected chi connectivity index (χ0v) is 20.3. The number of pyridine rings is 1. The number of nitrogen functional groups attached to an aromatic ring is 1. The number of nitrogens with one attached hydrogen (secondary N) is 1. The smallest absolute Gasteiger partial charge is 0.255 e. The lowest BCUT2D eigenvalue weighted by molar-refractivity contribution is 0.0419. The predicted molar refractivity (Wildman–Crippen MR) is 136 cm³/mol. The maximum atomic E-state index is 12.9. The van der Waals surface area contributed by atoms with Gasteiger partial charge in [-0.1, -0.05) is 31.2 Å². The minimum Gasteiger partial charge on any atom is -0.383 e. The van der Waals surface area contributed by atoms with Crippen LogP contribution in [0, 0.1) is 5.92 Å². The number of aromatic nitrogens is 1. The third-order valence-electron chi connectivity index (χ3n) is 8.16. The van der Waals surface area contributed by atoms with E-state index >= 15 is 0 Å². The Bertz CT molecular complexity index is 978. The number of benzene rings is 1. The van der Waals surface area contributed by atoms with Crippen LogP contribution in [0.4, 0.5) is 5.82 Å². The van der Waals surface area contributed by atoms with Gasteiger partial charge in [0.2, 0.25) is 0 Å². The second-order valence-electron chi connectivity index (χ2n) is 10.5. The molecule has 3 heterocycles. The van der Waals surface area contributed by atoms with E-state index in [1.54, 1.807) is 6.20 Å². The third kappa shape index (κ3) is 5.28. The van der Waals surface area contributed by atoms with Gasteiger partial charge < -0.3 is 15.8 Å². The van der Waals surface area contributed by atoms with E-state index in [1.165, 1.54) is 31.4 Å². The minimum absolute atomic E-state index is 0.109. The van der Waals surface area contributed by atoms with Crippen LogP contribution in [0.2, 0.25) is 0 Å². The molecule has 1 aromatic heterocycles. The number of hydrogen-bond donors (Lipinski definition) is 2. The van der Waals surface area contributed by atoms with Crippen LogP contribution < -0.4 is 11.1 Å². The first-order valence-electron chi connectivity index (χ1n) is 13.1. The molecule has 5 rings (SSSR count). The lowest BCUT2D eigenvalue weighted by Crippen LogP contribution is -2.37. The van der Waals surface area contributed by atoms with E-state index < -0.39 is 0 Å². The first-order chi connectivity index (χ1) is 16.6. The summed E-state index contributed by atoms with van der Waals surface area (Å²) in [6.07, 6.45) is 9.70. The molecule has 0 spiro atoms. The van der Waals surface area contributed by atoms with E-state index in [4.69, 9.17) is 10.5 Å². The Kier molecular flexibility index (Phi) is 7.16. The van der Waals surface area contributed by atoms with Crippen LogP contribution in [0.25, 0.3) is 11.1 Å². The third-order valence-corrected chi connectivity index (χ3v) is 8.16. The van der Waals surface area contributed by atoms with E-state index in [0.29, 0.717) is 23.3 Å². The molecule has 2 saturated heterocycles. The van der Waals surface area contributed by atoms with Crippen molar-refractivity contribution in [3.8, 4) is 11.1 Å². The van der Waals surface area contributed by atoms with Crippen molar-refractivity contribution in [2.24, 2.45) is 5.92 Å². The number of rotatable bonds is 5. The van der Waals surface area contributed by atoms with Crippen molar-refractivity contribution in [2.45, 2.75) is 69.9 Å². The van der Waals surface area contributed by atoms with Gasteiger partial charge >= 0.3 is 0 Å². The first-order valence-corrected chi connectivity index (χ1v) is 13.1. The van der Waals surface area contributed by atoms with Crippen LogP contribution in [0.5, 0.6) is 0 Å². The number of likely N-dealkylation sites (tertiary alicyclic amines) is 1. The van der Waals surface area contributed by atoms with Crippen molar-refractivity contribution in [1.82, 2.24) is 15.2 Å². The summed E-state index contributed by atoms with van der Waals surface area (Å²) in [6.45, 7) is 6.39. The number of nitrogens with zero attached hydrogens (tertiary/aromatic N) is 2. The minimum atomic E-state index is -0.109. The highest BCUT2D eigenvalue weighted by Crippen LogP contribution is 2.32. The second-order valence-corrected chi connectivity index (χ2v) is 10.5. The molecule has 6 nitrogen and oxygen atoms in total. The molecular weight excluding hydrogens is 424 g/mol. The molecule has 1 atom stereocenters. The van der Waals surface area contributed by atoms with Gasteiger partial charge in [-0.25, -0.2) is 4.98 Å². The first kappa shape index (κ1) is 23.3. The quantitative estimate of drug-likeness (QED) is 0.678. The molecule has 1 amide bonds. The van der Waals surface area contributed by atoms with Crippen molar-refractivity contribution >= 4 is 11.7 Å². The Balaban J connectivity index is 1.24. The average Bonchev–Trinajstić information content (AvgIpc) is 3.37. The van der Waals surface area contributed by atoms with Crippen LogP contribution in [-0.4, -0.2) is 54.2 Å². The van der Waals surface area contributed by atoms with E-state index in [9.17, 15) is 4.79 Å². The molecule has 0 radical (unpaired) electrons. The van der Waals surface area contributed by atoms with Crippen LogP contribution in [0.1, 0.15) is 73.7 Å². The number of nitrogens with two attached hydrogens (primary N) is 1. The van der Waals surface area contributed by atoms with Crippen molar-refractivity contribution in [3.63, 3.8) is 0 Å². The molecule has 1 aromatic carbocycles. The largest absolute Gasteiger partial charge is 0.383 e. The van der Waals surface area contributed by atoms with Gasteiger partial charge in [-0.15, -0.1) is 0 Å². The second kappa shape index (κ2) is 10.4. The van der Waals surface area contributed by atoms with Gasteiger partial charge in [-0.3, -0.25) is 9.69 Å². The van der Waals surface area contributed by atoms with Crippen molar-refractivity contribution in [3.05, 3.63) is 47.7 Å². The van der Waals surface area contributed by atoms with Gasteiger partial charge in [-0.05, 0) is 80.5 Å². The van der Waals surface area contributed by atoms with E-state index in [-0.39, 0.29) is 11.9 Å². The van der Waals surface area contributed by atoms with E-state index in [0.717, 1.165) is 62.5 Å². The molecular formula is C28H38N4O2. The summed E-state index contributed by atoms with van der Waals surface area (Å²) in [5.41, 5.74) is 9.96. The normalized spacial score (nSPS) is 26.4. The molecule has 0 bridgehead atoms. The van der Waals surface area contributed by atoms with Crippen LogP contribution >= 0.6 is 0 Å². The Morgan fingerprint density at radius 3 is 2.50 bits per heavy atom. The summed E-state index contributed by atoms with van der Waals surface area (Å²) in [5, 5.41) is 3.18. The highest BCUT2D eigenvalue weighted by atomic mass is 16.5. The fourth-order valence-electron chi connectivity index (χ4n) is 5.87. The van der Waals surface area contributed by atoms with Gasteiger partial charge in [0.1, 0.15) is 5.82 Å². The molecule has 1 saturated carbocycles. The lowest BCUT2D eigenvalue weighted by Gasteiger charge is -2.31. The Labute approximate surface area is 203 Å². The number of carbonyl (C=O) groups is 1. The standard InChI is InChI=1S/C28H38N4O2/c1-19-2-8-24(9-3-19)31-28(33)26-16-23(17-30-27(26)29)21-6-4-20(5-7-21)22-10-13-32(18-22)25-11-14-34-15-12-25/h4-7,16-17,19,22,24-25H,2-3,8-15,18H2,1H3,(H2,29,30)(H,31,33). The van der Waals surface area contributed by atoms with Crippen LogP contribution in [0.3, 0.4) is 0 Å². The SMILES string of the molecule is CC1CCC(NC(=O)c2cc(-c3ccc(C4CCN(C5CCOCC5)C4)cc3)cnc2N)CC1. The van der Waals surface area contributed by atoms with Crippen LogP contribution in [0.15, 0.2) is 36.5 Å². The number of hydrogen-bond acceptors (Lipinski definition) is 5. The van der Waals surface area contributed by atoms with Gasteiger partial charge in [-0.2, -0.15) is 0 Å². The molecule has 3 aliphatic rings. The number of anilines is 1. The molecule has 3 fully saturated rings. The summed E-state index contributed by atoms with van der Waals surface area (Å²) < 4.78 is 5.53. The summed E-state index contributed by atoms with van der Waals surface area (Å²) in [4.78, 5) is 19.9. The Hall–Kier alpha value is -2.44. The zero-order valence-electron chi connectivity index (χ0n) is 20.3. The van der Waals surface area contributed by atoms with Gasteiger partial charge in [0, 0.05) is 43.6 Å². The summed E-state index contributed by atoms with van der Waals surface area (Å²) in [6, 6.07) is 11.6. The maximum absolute atomic E-state index is 12.9. The van der Waals surface area contributed by atoms with E-state index in [2.05, 4.69) is 46.4 Å². The Morgan fingerprint density at radius 2 is 1.76 bits per heavy atom. The number of carbonyl (C=O) groups excluding carboxylic acids is 1. The fourth-order valence-corrected chi connectivity index (χ4v) is 5.87. The lowest BCUT2D eigenvalue weighted by atomic mass is 9.87. The molecule has 2 aromatic rings. The summed E-state index contributed by atoms with van der Waals surface area (Å²) in [7, 11) is 0. The Morgan fingerprint density at radius 1 is 1.03 bits per heavy atom. The molecule has 6 heteroatoms. The number of ether oxygens (including phenoxy) is 1. The summed E-state index contributed by atoms with van der Waals surface area (Å²) >= 11 is 0. The zero-order chi connectivity index (χ0) is 23.5. The molecule has 2 aliphatic heterocycles. The molecule has 1 unspecified atom stereocenters. The average molecular weight is 463 g/mol. The van der Waals surface area contributed by atoms with Gasteiger partial charge in [0.25, 0.3) is 5.91 Å². The molecule has 34 heavy (non-hydrogen) atoms. The van der Waals surface area contributed by atoms with Gasteiger partial charge in [0.15, 0.2) is 0 Å². The van der Waals surface area contributed by atoms with Crippen LogP contribution in [-0.2, 0) is 4.74 Å². The molecule has 3 N–H and O–H groups in total. The van der Waals surface area contributed by atoms with Crippen molar-refractivity contribution in [1.29, 1.82) is 0 Å². The summed E-state index contributed by atoms with van der Waals surface area (Å²) in [5.74, 6) is 1.52. The highest BCUT2D eigenvalue weighted by Gasteiger charge is 2.30. The fraction of sp³-hybridized carbons (Fsp3) is 0.571. The number of amides is 1. The van der Waals surface area contributed by atoms with Crippen molar-refractivity contribution in [2.75, 3.05) is 32.0 Å². The van der Waals surface area contributed by atoms with Crippen molar-refractivity contribution < 1.29 is 9.53 Å².